The fourth-order valence-electron chi connectivity index (χ4n) is 4.70. The van der Waals surface area contributed by atoms with Crippen LogP contribution in [-0.4, -0.2) is 40.0 Å². The average Bonchev–Trinajstić information content (AvgIpc) is 3.52. The second-order valence-corrected chi connectivity index (χ2v) is 8.60. The van der Waals surface area contributed by atoms with Crippen LogP contribution in [0.3, 0.4) is 0 Å². The molecule has 7 heteroatoms. The Hall–Kier alpha value is -3.50. The number of nitriles is 1. The molecular weight excluding hydrogens is 404 g/mol. The summed E-state index contributed by atoms with van der Waals surface area (Å²) in [6, 6.07) is 13.9. The molecule has 7 nitrogen and oxygen atoms in total. The molecule has 0 amide bonds. The van der Waals surface area contributed by atoms with Gasteiger partial charge in [-0.2, -0.15) is 10.2 Å². The molecule has 0 bridgehead atoms. The number of hydrogen-bond donors (Lipinski definition) is 0. The van der Waals surface area contributed by atoms with Gasteiger partial charge >= 0.3 is 0 Å². The van der Waals surface area contributed by atoms with Crippen molar-refractivity contribution in [1.82, 2.24) is 15.0 Å². The van der Waals surface area contributed by atoms with Crippen LogP contribution >= 0.6 is 0 Å². The molecule has 1 unspecified atom stereocenters. The molecule has 0 spiro atoms. The highest BCUT2D eigenvalue weighted by Crippen LogP contribution is 2.41. The molecule has 2 aliphatic rings. The fraction of sp³-hybridized carbons (Fsp3) is 0.360. The number of fused-ring (bicyclic) bond motifs is 1. The average molecular weight is 428 g/mol. The summed E-state index contributed by atoms with van der Waals surface area (Å²) in [5.41, 5.74) is 4.55. The van der Waals surface area contributed by atoms with E-state index in [0.29, 0.717) is 47.3 Å². The maximum atomic E-state index is 11.8. The van der Waals surface area contributed by atoms with Crippen molar-refractivity contribution in [2.45, 2.75) is 45.3 Å². The number of nitrogens with zero attached hydrogens (tertiary/aromatic N) is 4. The molecular formula is C25H24N4O3. The molecule has 3 aromatic rings. The van der Waals surface area contributed by atoms with Crippen molar-refractivity contribution in [1.29, 1.82) is 5.26 Å². The first-order valence-electron chi connectivity index (χ1n) is 11.0. The van der Waals surface area contributed by atoms with Gasteiger partial charge in [0.25, 0.3) is 5.89 Å². The zero-order chi connectivity index (χ0) is 22.2. The van der Waals surface area contributed by atoms with E-state index in [0.717, 1.165) is 24.9 Å². The van der Waals surface area contributed by atoms with Gasteiger partial charge in [-0.05, 0) is 56.0 Å². The first kappa shape index (κ1) is 20.4. The quantitative estimate of drug-likeness (QED) is 0.597. The first-order valence-corrected chi connectivity index (χ1v) is 11.0. The van der Waals surface area contributed by atoms with E-state index in [9.17, 15) is 10.1 Å². The summed E-state index contributed by atoms with van der Waals surface area (Å²) in [4.78, 5) is 18.7. The molecule has 2 heterocycles. The minimum atomic E-state index is -0.0226. The summed E-state index contributed by atoms with van der Waals surface area (Å²) in [6.07, 6.45) is 2.54. The molecule has 1 aliphatic heterocycles. The van der Waals surface area contributed by atoms with Crippen LogP contribution in [0.15, 0.2) is 40.9 Å². The fourth-order valence-corrected chi connectivity index (χ4v) is 4.70. The van der Waals surface area contributed by atoms with Crippen molar-refractivity contribution in [2.24, 2.45) is 0 Å². The normalized spacial score (nSPS) is 18.2. The Balaban J connectivity index is 1.45. The van der Waals surface area contributed by atoms with Crippen LogP contribution in [0.5, 0.6) is 5.75 Å². The molecule has 0 radical (unpaired) electrons. The Morgan fingerprint density at radius 2 is 2.12 bits per heavy atom. The minimum absolute atomic E-state index is 0.0226. The molecule has 2 aromatic carbocycles. The number of carbonyl (C=O) groups excluding carboxylic acids is 1. The number of hydrogen-bond acceptors (Lipinski definition) is 7. The van der Waals surface area contributed by atoms with E-state index in [4.69, 9.17) is 9.26 Å². The van der Waals surface area contributed by atoms with Crippen LogP contribution in [0, 0.1) is 11.3 Å². The number of Topliss-reactive ketones (excluding diaryl/α,β-unsaturated/α-hetero) is 1. The third kappa shape index (κ3) is 3.67. The summed E-state index contributed by atoms with van der Waals surface area (Å²) >= 11 is 0. The van der Waals surface area contributed by atoms with E-state index < -0.39 is 0 Å². The van der Waals surface area contributed by atoms with Crippen molar-refractivity contribution in [3.63, 3.8) is 0 Å². The predicted octanol–water partition coefficient (Wildman–Crippen LogP) is 4.32. The number of benzene rings is 2. The van der Waals surface area contributed by atoms with E-state index >= 15 is 0 Å². The van der Waals surface area contributed by atoms with E-state index in [1.807, 2.05) is 32.0 Å². The standard InChI is InChI=1S/C25H24N4O3/c1-15(2)31-23-9-6-16(12-17(23)13-26)25-27-24(28-32-25)21-5-3-4-20-19(21)7-8-22(20)29-11-10-18(30)14-29/h3-6,9,12,15,22H,7-8,10-11,14H2,1-2H3. The molecule has 5 rings (SSSR count). The van der Waals surface area contributed by atoms with E-state index in [2.05, 4.69) is 27.2 Å². The van der Waals surface area contributed by atoms with Gasteiger partial charge in [-0.15, -0.1) is 0 Å². The molecule has 1 aliphatic carbocycles. The molecule has 1 atom stereocenters. The van der Waals surface area contributed by atoms with Crippen LogP contribution in [0.4, 0.5) is 0 Å². The smallest absolute Gasteiger partial charge is 0.258 e. The molecule has 1 saturated heterocycles. The maximum absolute atomic E-state index is 11.8. The summed E-state index contributed by atoms with van der Waals surface area (Å²) in [5.74, 6) is 1.76. The van der Waals surface area contributed by atoms with Crippen molar-refractivity contribution in [3.8, 4) is 34.7 Å². The molecule has 162 valence electrons. The van der Waals surface area contributed by atoms with Crippen molar-refractivity contribution in [3.05, 3.63) is 53.1 Å². The van der Waals surface area contributed by atoms with Gasteiger partial charge in [-0.1, -0.05) is 23.4 Å². The Morgan fingerprint density at radius 1 is 1.25 bits per heavy atom. The summed E-state index contributed by atoms with van der Waals surface area (Å²) in [5, 5.41) is 13.7. The maximum Gasteiger partial charge on any atom is 0.258 e. The topological polar surface area (TPSA) is 92.2 Å². The Kier molecular flexibility index (Phi) is 5.24. The van der Waals surface area contributed by atoms with Crippen molar-refractivity contribution < 1.29 is 14.1 Å². The van der Waals surface area contributed by atoms with Gasteiger partial charge in [0, 0.05) is 30.1 Å². The van der Waals surface area contributed by atoms with Crippen LogP contribution in [0.25, 0.3) is 22.8 Å². The predicted molar refractivity (Wildman–Crippen MR) is 118 cm³/mol. The number of carbonyl (C=O) groups is 1. The third-order valence-electron chi connectivity index (χ3n) is 6.11. The van der Waals surface area contributed by atoms with Gasteiger partial charge in [-0.25, -0.2) is 0 Å². The zero-order valence-corrected chi connectivity index (χ0v) is 18.2. The van der Waals surface area contributed by atoms with Crippen LogP contribution in [-0.2, 0) is 11.2 Å². The highest BCUT2D eigenvalue weighted by molar-refractivity contribution is 5.82. The molecule has 32 heavy (non-hydrogen) atoms. The van der Waals surface area contributed by atoms with Crippen LogP contribution in [0.1, 0.15) is 49.4 Å². The number of aromatic nitrogens is 2. The lowest BCUT2D eigenvalue weighted by atomic mass is 10.0. The lowest BCUT2D eigenvalue weighted by molar-refractivity contribution is -0.117. The SMILES string of the molecule is CC(C)Oc1ccc(-c2nc(-c3cccc4c3CCC4N3CCC(=O)C3)no2)cc1C#N. The van der Waals surface area contributed by atoms with Gasteiger partial charge in [-0.3, -0.25) is 9.69 Å². The van der Waals surface area contributed by atoms with Crippen molar-refractivity contribution >= 4 is 5.78 Å². The third-order valence-corrected chi connectivity index (χ3v) is 6.11. The highest BCUT2D eigenvalue weighted by atomic mass is 16.5. The Morgan fingerprint density at radius 3 is 2.88 bits per heavy atom. The second-order valence-electron chi connectivity index (χ2n) is 8.60. The van der Waals surface area contributed by atoms with Gasteiger partial charge < -0.3 is 9.26 Å². The van der Waals surface area contributed by atoms with Gasteiger partial charge in [0.1, 0.15) is 17.6 Å². The monoisotopic (exact) mass is 428 g/mol. The van der Waals surface area contributed by atoms with Gasteiger partial charge in [0.05, 0.1) is 18.2 Å². The number of rotatable bonds is 5. The molecule has 1 aromatic heterocycles. The zero-order valence-electron chi connectivity index (χ0n) is 18.2. The number of likely N-dealkylation sites (tertiary alicyclic amines) is 1. The summed E-state index contributed by atoms with van der Waals surface area (Å²) < 4.78 is 11.3. The lowest BCUT2D eigenvalue weighted by Gasteiger charge is -2.23. The molecule has 1 fully saturated rings. The van der Waals surface area contributed by atoms with Gasteiger partial charge in [0.15, 0.2) is 0 Å². The molecule has 0 saturated carbocycles. The number of ketones is 1. The van der Waals surface area contributed by atoms with Gasteiger partial charge in [0.2, 0.25) is 5.82 Å². The number of ether oxygens (including phenoxy) is 1. The molecule has 0 N–H and O–H groups in total. The first-order chi connectivity index (χ1) is 15.5. The highest BCUT2D eigenvalue weighted by Gasteiger charge is 2.34. The van der Waals surface area contributed by atoms with Crippen molar-refractivity contribution in [2.75, 3.05) is 13.1 Å². The Bertz CT molecular complexity index is 1220. The summed E-state index contributed by atoms with van der Waals surface area (Å²) in [6.45, 7) is 5.21. The van der Waals surface area contributed by atoms with Crippen LogP contribution < -0.4 is 4.74 Å². The van der Waals surface area contributed by atoms with E-state index in [1.165, 1.54) is 11.1 Å². The van der Waals surface area contributed by atoms with E-state index in [-0.39, 0.29) is 12.1 Å². The van der Waals surface area contributed by atoms with E-state index in [1.54, 1.807) is 12.1 Å². The van der Waals surface area contributed by atoms with Crippen LogP contribution in [0.2, 0.25) is 0 Å². The minimum Gasteiger partial charge on any atom is -0.490 e. The largest absolute Gasteiger partial charge is 0.490 e. The second kappa shape index (κ2) is 8.21. The summed E-state index contributed by atoms with van der Waals surface area (Å²) in [7, 11) is 0. The Labute approximate surface area is 186 Å². The lowest BCUT2D eigenvalue weighted by Crippen LogP contribution is -2.25.